The first-order chi connectivity index (χ1) is 3.66. The zero-order valence-electron chi connectivity index (χ0n) is 5.85. The Morgan fingerprint density at radius 2 is 1.88 bits per heavy atom. The molecule has 1 nitrogen and oxygen atoms in total. The fourth-order valence-corrected chi connectivity index (χ4v) is 0.799. The van der Waals surface area contributed by atoms with Gasteiger partial charge in [-0.15, -0.1) is 0 Å². The highest BCUT2D eigenvalue weighted by Gasteiger charge is 2.00. The van der Waals surface area contributed by atoms with Gasteiger partial charge in [0.25, 0.3) is 0 Å². The van der Waals surface area contributed by atoms with E-state index in [-0.39, 0.29) is 5.92 Å². The lowest BCUT2D eigenvalue weighted by Crippen LogP contribution is -1.99. The molecule has 0 bridgehead atoms. The predicted molar refractivity (Wildman–Crippen MR) is 34.7 cm³/mol. The molecule has 0 aromatic carbocycles. The SMILES string of the molecule is CC(C)C[C@@H](C)C=O. The Morgan fingerprint density at radius 3 is 2.00 bits per heavy atom. The summed E-state index contributed by atoms with van der Waals surface area (Å²) in [4.78, 5) is 10.0. The quantitative estimate of drug-likeness (QED) is 0.512. The fraction of sp³-hybridized carbons (Fsp3) is 0.857. The van der Waals surface area contributed by atoms with Crippen molar-refractivity contribution >= 4 is 6.29 Å². The lowest BCUT2D eigenvalue weighted by molar-refractivity contribution is -0.111. The Hall–Kier alpha value is -0.330. The van der Waals surface area contributed by atoms with Gasteiger partial charge in [-0.2, -0.15) is 0 Å². The summed E-state index contributed by atoms with van der Waals surface area (Å²) in [7, 11) is 0. The van der Waals surface area contributed by atoms with Gasteiger partial charge in [0, 0.05) is 5.92 Å². The molecule has 8 heavy (non-hydrogen) atoms. The van der Waals surface area contributed by atoms with Crippen molar-refractivity contribution in [3.63, 3.8) is 0 Å². The molecule has 0 heterocycles. The summed E-state index contributed by atoms with van der Waals surface area (Å²) in [6.07, 6.45) is 2.03. The fourth-order valence-electron chi connectivity index (χ4n) is 0.799. The second kappa shape index (κ2) is 3.65. The Kier molecular flexibility index (Phi) is 3.49. The summed E-state index contributed by atoms with van der Waals surface area (Å²) < 4.78 is 0. The van der Waals surface area contributed by atoms with E-state index in [1.807, 2.05) is 6.92 Å². The van der Waals surface area contributed by atoms with Crippen LogP contribution in [-0.2, 0) is 4.79 Å². The lowest BCUT2D eigenvalue weighted by atomic mass is 10.0. The van der Waals surface area contributed by atoms with Gasteiger partial charge >= 0.3 is 0 Å². The van der Waals surface area contributed by atoms with Gasteiger partial charge in [-0.1, -0.05) is 20.8 Å². The minimum absolute atomic E-state index is 0.245. The van der Waals surface area contributed by atoms with E-state index < -0.39 is 0 Å². The maximum absolute atomic E-state index is 10.0. The first-order valence-corrected chi connectivity index (χ1v) is 3.12. The smallest absolute Gasteiger partial charge is 0.122 e. The van der Waals surface area contributed by atoms with Crippen molar-refractivity contribution in [2.45, 2.75) is 27.2 Å². The van der Waals surface area contributed by atoms with E-state index in [0.717, 1.165) is 12.7 Å². The summed E-state index contributed by atoms with van der Waals surface area (Å²) in [5.74, 6) is 0.894. The van der Waals surface area contributed by atoms with Crippen LogP contribution in [0.3, 0.4) is 0 Å². The van der Waals surface area contributed by atoms with Crippen molar-refractivity contribution in [3.05, 3.63) is 0 Å². The Labute approximate surface area is 51.1 Å². The van der Waals surface area contributed by atoms with Gasteiger partial charge < -0.3 is 4.79 Å². The molecule has 0 spiro atoms. The standard InChI is InChI=1S/C7H14O/c1-6(2)4-7(3)5-8/h5-7H,4H2,1-3H3/t7-/m1/s1. The second-order valence-corrected chi connectivity index (χ2v) is 2.74. The van der Waals surface area contributed by atoms with Gasteiger partial charge in [-0.25, -0.2) is 0 Å². The number of aldehydes is 1. The van der Waals surface area contributed by atoms with Crippen LogP contribution in [-0.4, -0.2) is 6.29 Å². The van der Waals surface area contributed by atoms with Gasteiger partial charge in [0.15, 0.2) is 0 Å². The van der Waals surface area contributed by atoms with E-state index >= 15 is 0 Å². The van der Waals surface area contributed by atoms with Crippen molar-refractivity contribution < 1.29 is 4.79 Å². The van der Waals surface area contributed by atoms with Gasteiger partial charge in [0.1, 0.15) is 6.29 Å². The van der Waals surface area contributed by atoms with Gasteiger partial charge in [0.2, 0.25) is 0 Å². The molecule has 48 valence electrons. The highest BCUT2D eigenvalue weighted by Crippen LogP contribution is 2.07. The van der Waals surface area contributed by atoms with Crippen LogP contribution in [0.5, 0.6) is 0 Å². The molecule has 0 aliphatic heterocycles. The van der Waals surface area contributed by atoms with E-state index in [4.69, 9.17) is 0 Å². The third-order valence-corrected chi connectivity index (χ3v) is 1.08. The predicted octanol–water partition coefficient (Wildman–Crippen LogP) is 1.87. The molecule has 0 aliphatic carbocycles. The number of carbonyl (C=O) groups excluding carboxylic acids is 1. The Morgan fingerprint density at radius 1 is 1.38 bits per heavy atom. The van der Waals surface area contributed by atoms with E-state index in [2.05, 4.69) is 13.8 Å². The Balaban J connectivity index is 3.23. The number of hydrogen-bond acceptors (Lipinski definition) is 1. The molecule has 0 N–H and O–H groups in total. The zero-order chi connectivity index (χ0) is 6.57. The van der Waals surface area contributed by atoms with Crippen LogP contribution in [0, 0.1) is 11.8 Å². The molecular formula is C7H14O. The van der Waals surface area contributed by atoms with Crippen LogP contribution in [0.25, 0.3) is 0 Å². The maximum Gasteiger partial charge on any atom is 0.122 e. The molecule has 0 fully saturated rings. The molecule has 0 aliphatic rings. The summed E-state index contributed by atoms with van der Waals surface area (Å²) >= 11 is 0. The van der Waals surface area contributed by atoms with Crippen LogP contribution in [0.2, 0.25) is 0 Å². The van der Waals surface area contributed by atoms with Crippen molar-refractivity contribution in [1.82, 2.24) is 0 Å². The van der Waals surface area contributed by atoms with Crippen LogP contribution >= 0.6 is 0 Å². The number of hydrogen-bond donors (Lipinski definition) is 0. The van der Waals surface area contributed by atoms with E-state index in [1.54, 1.807) is 0 Å². The van der Waals surface area contributed by atoms with Crippen molar-refractivity contribution in [1.29, 1.82) is 0 Å². The molecular weight excluding hydrogens is 100 g/mol. The van der Waals surface area contributed by atoms with Crippen LogP contribution in [0.15, 0.2) is 0 Å². The third-order valence-electron chi connectivity index (χ3n) is 1.08. The van der Waals surface area contributed by atoms with E-state index in [9.17, 15) is 4.79 Å². The summed E-state index contributed by atoms with van der Waals surface area (Å²) in [5, 5.41) is 0. The molecule has 0 saturated carbocycles. The average Bonchev–Trinajstić information content (AvgIpc) is 1.65. The molecule has 0 radical (unpaired) electrons. The summed E-state index contributed by atoms with van der Waals surface area (Å²) in [5.41, 5.74) is 0. The normalized spacial score (nSPS) is 14.0. The van der Waals surface area contributed by atoms with Crippen LogP contribution in [0.1, 0.15) is 27.2 Å². The monoisotopic (exact) mass is 114 g/mol. The van der Waals surface area contributed by atoms with E-state index in [0.29, 0.717) is 5.92 Å². The lowest BCUT2D eigenvalue weighted by Gasteiger charge is -2.04. The maximum atomic E-state index is 10.0. The molecule has 0 amide bonds. The van der Waals surface area contributed by atoms with Gasteiger partial charge in [-0.05, 0) is 12.3 Å². The first-order valence-electron chi connectivity index (χ1n) is 3.12. The third kappa shape index (κ3) is 3.85. The highest BCUT2D eigenvalue weighted by atomic mass is 16.1. The topological polar surface area (TPSA) is 17.1 Å². The molecule has 1 atom stereocenters. The zero-order valence-corrected chi connectivity index (χ0v) is 5.85. The Bertz CT molecular complexity index is 66.8. The first kappa shape index (κ1) is 7.67. The average molecular weight is 114 g/mol. The largest absolute Gasteiger partial charge is 0.303 e. The van der Waals surface area contributed by atoms with Crippen molar-refractivity contribution in [3.8, 4) is 0 Å². The highest BCUT2D eigenvalue weighted by molar-refractivity contribution is 5.52. The summed E-state index contributed by atoms with van der Waals surface area (Å²) in [6, 6.07) is 0. The molecule has 0 rings (SSSR count). The minimum atomic E-state index is 0.245. The molecule has 0 aromatic heterocycles. The van der Waals surface area contributed by atoms with Gasteiger partial charge in [-0.3, -0.25) is 0 Å². The number of carbonyl (C=O) groups is 1. The van der Waals surface area contributed by atoms with Gasteiger partial charge in [0.05, 0.1) is 0 Å². The molecule has 0 unspecified atom stereocenters. The molecule has 0 aromatic rings. The second-order valence-electron chi connectivity index (χ2n) is 2.74. The minimum Gasteiger partial charge on any atom is -0.303 e. The van der Waals surface area contributed by atoms with Crippen LogP contribution in [0.4, 0.5) is 0 Å². The van der Waals surface area contributed by atoms with Crippen molar-refractivity contribution in [2.24, 2.45) is 11.8 Å². The molecule has 1 heteroatoms. The van der Waals surface area contributed by atoms with Crippen molar-refractivity contribution in [2.75, 3.05) is 0 Å². The van der Waals surface area contributed by atoms with E-state index in [1.165, 1.54) is 0 Å². The summed E-state index contributed by atoms with van der Waals surface area (Å²) in [6.45, 7) is 6.20. The number of rotatable bonds is 3. The van der Waals surface area contributed by atoms with Crippen LogP contribution < -0.4 is 0 Å². The molecule has 0 saturated heterocycles.